The van der Waals surface area contributed by atoms with Gasteiger partial charge in [-0.2, -0.15) is 5.10 Å². The van der Waals surface area contributed by atoms with Gasteiger partial charge in [0.1, 0.15) is 11.6 Å². The summed E-state index contributed by atoms with van der Waals surface area (Å²) in [6, 6.07) is 11.2. The number of nitrogens with zero attached hydrogens (tertiary/aromatic N) is 5. The van der Waals surface area contributed by atoms with Crippen LogP contribution in [0.4, 0.5) is 11.6 Å². The first-order chi connectivity index (χ1) is 15.9. The summed E-state index contributed by atoms with van der Waals surface area (Å²) < 4.78 is 3.70. The number of halogens is 1. The average molecular weight is 557 g/mol. The summed E-state index contributed by atoms with van der Waals surface area (Å²) in [5, 5.41) is 21.9. The highest BCUT2D eigenvalue weighted by Crippen LogP contribution is 2.28. The van der Waals surface area contributed by atoms with Crippen molar-refractivity contribution in [3.8, 4) is 11.1 Å². The summed E-state index contributed by atoms with van der Waals surface area (Å²) in [5.41, 5.74) is 3.04. The Morgan fingerprint density at radius 1 is 1.12 bits per heavy atom. The predicted molar refractivity (Wildman–Crippen MR) is 137 cm³/mol. The quantitative estimate of drug-likeness (QED) is 0.225. The minimum absolute atomic E-state index is 0.0981. The standard InChI is InChI=1S/C23H24IN7O2/c1-30(24)8-7-26-21-10-16(5-6-25-21)23(33)29-22-11-18-9-15(3-4-17(18)12-27-22)19-13-28-31(2)20(19)14-32/h3-6,9-13,32H,7-8,14H2,1-2H3,(H,25,26)(H,27,29,33). The number of rotatable bonds is 8. The van der Waals surface area contributed by atoms with Crippen molar-refractivity contribution in [2.24, 2.45) is 7.05 Å². The molecule has 4 aromatic rings. The highest BCUT2D eigenvalue weighted by Gasteiger charge is 2.12. The van der Waals surface area contributed by atoms with Gasteiger partial charge in [-0.1, -0.05) is 12.1 Å². The third-order valence-corrected chi connectivity index (χ3v) is 5.72. The van der Waals surface area contributed by atoms with Crippen molar-refractivity contribution in [3.63, 3.8) is 0 Å². The minimum Gasteiger partial charge on any atom is -0.390 e. The van der Waals surface area contributed by atoms with Gasteiger partial charge in [-0.3, -0.25) is 9.48 Å². The number of benzene rings is 1. The number of hydrogen-bond acceptors (Lipinski definition) is 7. The molecule has 3 N–H and O–H groups in total. The van der Waals surface area contributed by atoms with Gasteiger partial charge in [0, 0.05) is 71.9 Å². The van der Waals surface area contributed by atoms with Gasteiger partial charge < -0.3 is 15.7 Å². The molecule has 0 saturated heterocycles. The summed E-state index contributed by atoms with van der Waals surface area (Å²) >= 11 is 2.22. The molecule has 0 aliphatic carbocycles. The maximum absolute atomic E-state index is 12.8. The summed E-state index contributed by atoms with van der Waals surface area (Å²) in [5.74, 6) is 0.841. The number of nitrogens with one attached hydrogen (secondary N) is 2. The van der Waals surface area contributed by atoms with Crippen LogP contribution in [0.5, 0.6) is 0 Å². The van der Waals surface area contributed by atoms with E-state index in [4.69, 9.17) is 0 Å². The molecule has 0 fully saturated rings. The fraction of sp³-hybridized carbons (Fsp3) is 0.217. The molecule has 0 atom stereocenters. The lowest BCUT2D eigenvalue weighted by Gasteiger charge is -2.10. The van der Waals surface area contributed by atoms with E-state index in [2.05, 4.69) is 48.6 Å². The highest BCUT2D eigenvalue weighted by molar-refractivity contribution is 14.1. The Kier molecular flexibility index (Phi) is 7.16. The number of aromatic nitrogens is 4. The maximum atomic E-state index is 12.8. The molecule has 33 heavy (non-hydrogen) atoms. The molecule has 1 amide bonds. The number of hydrogen-bond donors (Lipinski definition) is 3. The number of amides is 1. The first-order valence-corrected chi connectivity index (χ1v) is 11.3. The molecule has 3 aromatic heterocycles. The highest BCUT2D eigenvalue weighted by atomic mass is 127. The Balaban J connectivity index is 1.53. The largest absolute Gasteiger partial charge is 0.390 e. The molecule has 0 radical (unpaired) electrons. The fourth-order valence-electron chi connectivity index (χ4n) is 3.46. The van der Waals surface area contributed by atoms with E-state index < -0.39 is 0 Å². The summed E-state index contributed by atoms with van der Waals surface area (Å²) in [7, 11) is 3.79. The lowest BCUT2D eigenvalue weighted by Crippen LogP contribution is -2.17. The van der Waals surface area contributed by atoms with Crippen LogP contribution in [0.1, 0.15) is 16.1 Å². The van der Waals surface area contributed by atoms with Gasteiger partial charge in [-0.25, -0.2) is 13.1 Å². The second-order valence-electron chi connectivity index (χ2n) is 7.56. The molecule has 0 bridgehead atoms. The van der Waals surface area contributed by atoms with Crippen LogP contribution < -0.4 is 10.6 Å². The number of aliphatic hydroxyl groups excluding tert-OH is 1. The summed E-state index contributed by atoms with van der Waals surface area (Å²) in [6.45, 7) is 1.47. The number of anilines is 2. The number of fused-ring (bicyclic) bond motifs is 1. The van der Waals surface area contributed by atoms with E-state index in [-0.39, 0.29) is 12.5 Å². The van der Waals surface area contributed by atoms with Crippen LogP contribution >= 0.6 is 22.9 Å². The first kappa shape index (κ1) is 23.1. The number of aliphatic hydroxyl groups is 1. The molecular formula is C23H24IN7O2. The van der Waals surface area contributed by atoms with E-state index in [0.717, 1.165) is 40.7 Å². The molecule has 9 nitrogen and oxygen atoms in total. The molecule has 170 valence electrons. The fourth-order valence-corrected chi connectivity index (χ4v) is 3.70. The van der Waals surface area contributed by atoms with Crippen molar-refractivity contribution in [1.29, 1.82) is 0 Å². The topological polar surface area (TPSA) is 108 Å². The Hall–Kier alpha value is -3.09. The minimum atomic E-state index is -0.260. The smallest absolute Gasteiger partial charge is 0.257 e. The zero-order chi connectivity index (χ0) is 23.4. The van der Waals surface area contributed by atoms with Crippen molar-refractivity contribution in [1.82, 2.24) is 22.9 Å². The third-order valence-electron chi connectivity index (χ3n) is 5.23. The number of aryl methyl sites for hydroxylation is 1. The number of carbonyl (C=O) groups is 1. The van der Waals surface area contributed by atoms with E-state index in [1.54, 1.807) is 42.5 Å². The maximum Gasteiger partial charge on any atom is 0.257 e. The SMILES string of the molecule is CN(I)CCNc1cc(C(=O)Nc2cc3cc(-c4cnn(C)c4CO)ccc3cn2)ccn1. The van der Waals surface area contributed by atoms with E-state index in [9.17, 15) is 9.90 Å². The van der Waals surface area contributed by atoms with Gasteiger partial charge >= 0.3 is 0 Å². The van der Waals surface area contributed by atoms with Gasteiger partial charge in [0.25, 0.3) is 5.91 Å². The molecule has 0 aliphatic heterocycles. The number of carbonyl (C=O) groups excluding carboxylic acids is 1. The van der Waals surface area contributed by atoms with Gasteiger partial charge in [0.05, 0.1) is 18.5 Å². The predicted octanol–water partition coefficient (Wildman–Crippen LogP) is 3.47. The second-order valence-corrected chi connectivity index (χ2v) is 9.20. The third kappa shape index (κ3) is 5.46. The van der Waals surface area contributed by atoms with Gasteiger partial charge in [-0.15, -0.1) is 0 Å². The molecule has 0 spiro atoms. The number of likely N-dealkylation sites (N-methyl/N-ethyl adjacent to an activating group) is 1. The van der Waals surface area contributed by atoms with E-state index in [1.165, 1.54) is 0 Å². The number of pyridine rings is 2. The normalized spacial score (nSPS) is 11.2. The first-order valence-electron chi connectivity index (χ1n) is 10.3. The van der Waals surface area contributed by atoms with Crippen molar-refractivity contribution < 1.29 is 9.90 Å². The van der Waals surface area contributed by atoms with Gasteiger partial charge in [0.2, 0.25) is 0 Å². The van der Waals surface area contributed by atoms with Gasteiger partial charge in [-0.05, 0) is 42.3 Å². The van der Waals surface area contributed by atoms with E-state index in [0.29, 0.717) is 17.2 Å². The van der Waals surface area contributed by atoms with Crippen molar-refractivity contribution in [2.45, 2.75) is 6.61 Å². The lowest BCUT2D eigenvalue weighted by atomic mass is 10.0. The van der Waals surface area contributed by atoms with Gasteiger partial charge in [0.15, 0.2) is 0 Å². The zero-order valence-corrected chi connectivity index (χ0v) is 20.4. The Labute approximate surface area is 205 Å². The summed E-state index contributed by atoms with van der Waals surface area (Å²) in [6.07, 6.45) is 5.08. The van der Waals surface area contributed by atoms with Crippen molar-refractivity contribution >= 4 is 51.2 Å². The second kappa shape index (κ2) is 10.2. The molecule has 0 saturated carbocycles. The zero-order valence-electron chi connectivity index (χ0n) is 18.3. The van der Waals surface area contributed by atoms with E-state index in [1.807, 2.05) is 34.4 Å². The average Bonchev–Trinajstić information content (AvgIpc) is 3.19. The van der Waals surface area contributed by atoms with Crippen LogP contribution in [0.25, 0.3) is 21.9 Å². The van der Waals surface area contributed by atoms with E-state index >= 15 is 0 Å². The van der Waals surface area contributed by atoms with Crippen LogP contribution in [0.15, 0.2) is 55.0 Å². The molecule has 4 rings (SSSR count). The molecule has 1 aromatic carbocycles. The molecule has 10 heteroatoms. The lowest BCUT2D eigenvalue weighted by molar-refractivity contribution is 0.102. The Bertz CT molecular complexity index is 1290. The van der Waals surface area contributed by atoms with Crippen LogP contribution in [0, 0.1) is 0 Å². The molecule has 0 unspecified atom stereocenters. The van der Waals surface area contributed by atoms with Crippen LogP contribution in [0.2, 0.25) is 0 Å². The van der Waals surface area contributed by atoms with Crippen molar-refractivity contribution in [3.05, 3.63) is 66.2 Å². The molecule has 3 heterocycles. The van der Waals surface area contributed by atoms with Crippen molar-refractivity contribution in [2.75, 3.05) is 30.8 Å². The molecule has 0 aliphatic rings. The molecular weight excluding hydrogens is 533 g/mol. The monoisotopic (exact) mass is 557 g/mol. The van der Waals surface area contributed by atoms with Crippen LogP contribution in [-0.4, -0.2) is 54.0 Å². The summed E-state index contributed by atoms with van der Waals surface area (Å²) in [4.78, 5) is 21.5. The Morgan fingerprint density at radius 2 is 1.97 bits per heavy atom. The van der Waals surface area contributed by atoms with Crippen LogP contribution in [0.3, 0.4) is 0 Å². The Morgan fingerprint density at radius 3 is 2.76 bits per heavy atom. The van der Waals surface area contributed by atoms with Crippen LogP contribution in [-0.2, 0) is 13.7 Å².